The third-order valence-corrected chi connectivity index (χ3v) is 4.06. The van der Waals surface area contributed by atoms with Gasteiger partial charge in [0.15, 0.2) is 0 Å². The number of para-hydroxylation sites is 1. The van der Waals surface area contributed by atoms with Crippen LogP contribution < -0.4 is 5.32 Å². The van der Waals surface area contributed by atoms with Gasteiger partial charge in [0.25, 0.3) is 0 Å². The Hall–Kier alpha value is -1.41. The Balaban J connectivity index is 1.74. The second-order valence-corrected chi connectivity index (χ2v) is 5.62. The third-order valence-electron chi connectivity index (χ3n) is 4.06. The van der Waals surface area contributed by atoms with E-state index < -0.39 is 0 Å². The van der Waals surface area contributed by atoms with Crippen molar-refractivity contribution in [2.75, 3.05) is 0 Å². The number of nitrogens with one attached hydrogen (secondary N) is 1. The molecule has 0 spiro atoms. The van der Waals surface area contributed by atoms with Crippen LogP contribution in [0.3, 0.4) is 0 Å². The van der Waals surface area contributed by atoms with Crippen LogP contribution in [0, 0.1) is 0 Å². The maximum Gasteiger partial charge on any atom is 0.0705 e. The number of hydrogen-bond donors (Lipinski definition) is 1. The summed E-state index contributed by atoms with van der Waals surface area (Å²) >= 11 is 0. The van der Waals surface area contributed by atoms with Crippen LogP contribution >= 0.6 is 0 Å². The lowest BCUT2D eigenvalue weighted by atomic mass is 10.0. The molecule has 0 bridgehead atoms. The molecule has 1 heterocycles. The summed E-state index contributed by atoms with van der Waals surface area (Å²) in [6.07, 6.45) is 5.30. The lowest BCUT2D eigenvalue weighted by Gasteiger charge is -2.25. The average Bonchev–Trinajstić information content (AvgIpc) is 2.84. The first kappa shape index (κ1) is 11.7. The molecule has 0 amide bonds. The van der Waals surface area contributed by atoms with E-state index in [0.29, 0.717) is 5.54 Å². The molecule has 0 radical (unpaired) electrons. The third kappa shape index (κ3) is 2.39. The van der Waals surface area contributed by atoms with Crippen LogP contribution in [0.25, 0.3) is 10.9 Å². The predicted molar refractivity (Wildman–Crippen MR) is 75.5 cm³/mol. The summed E-state index contributed by atoms with van der Waals surface area (Å²) in [5, 5.41) is 4.89. The Bertz CT molecular complexity index is 542. The maximum absolute atomic E-state index is 4.70. The van der Waals surface area contributed by atoms with Gasteiger partial charge in [0, 0.05) is 17.5 Å². The van der Waals surface area contributed by atoms with E-state index in [-0.39, 0.29) is 0 Å². The largest absolute Gasteiger partial charge is 0.306 e. The molecule has 2 aromatic rings. The summed E-state index contributed by atoms with van der Waals surface area (Å²) in [4.78, 5) is 4.70. The lowest BCUT2D eigenvalue weighted by molar-refractivity contribution is 0.361. The van der Waals surface area contributed by atoms with E-state index in [0.717, 1.165) is 17.8 Å². The van der Waals surface area contributed by atoms with Crippen LogP contribution in [-0.4, -0.2) is 10.5 Å². The molecule has 1 aromatic heterocycles. The fourth-order valence-corrected chi connectivity index (χ4v) is 2.84. The maximum atomic E-state index is 4.70. The summed E-state index contributed by atoms with van der Waals surface area (Å²) < 4.78 is 0. The minimum Gasteiger partial charge on any atom is -0.306 e. The highest BCUT2D eigenvalue weighted by molar-refractivity contribution is 5.78. The van der Waals surface area contributed by atoms with Gasteiger partial charge in [-0.15, -0.1) is 0 Å². The molecule has 1 fully saturated rings. The minimum absolute atomic E-state index is 0.327. The van der Waals surface area contributed by atoms with Gasteiger partial charge < -0.3 is 5.32 Å². The minimum atomic E-state index is 0.327. The average molecular weight is 240 g/mol. The monoisotopic (exact) mass is 240 g/mol. The molecule has 1 N–H and O–H groups in total. The molecule has 94 valence electrons. The van der Waals surface area contributed by atoms with Crippen molar-refractivity contribution in [3.05, 3.63) is 42.1 Å². The van der Waals surface area contributed by atoms with E-state index in [2.05, 4.69) is 42.6 Å². The van der Waals surface area contributed by atoms with Gasteiger partial charge in [0.05, 0.1) is 11.2 Å². The second-order valence-electron chi connectivity index (χ2n) is 5.62. The van der Waals surface area contributed by atoms with Crippen LogP contribution in [0.1, 0.15) is 38.3 Å². The van der Waals surface area contributed by atoms with Gasteiger partial charge in [-0.3, -0.25) is 4.98 Å². The normalized spacial score (nSPS) is 18.3. The van der Waals surface area contributed by atoms with E-state index in [1.807, 2.05) is 6.07 Å². The van der Waals surface area contributed by atoms with Crippen molar-refractivity contribution >= 4 is 10.9 Å². The van der Waals surface area contributed by atoms with Gasteiger partial charge in [-0.25, -0.2) is 0 Å². The number of rotatable bonds is 3. The molecule has 2 heteroatoms. The highest BCUT2D eigenvalue weighted by Crippen LogP contribution is 2.29. The molecule has 0 saturated heterocycles. The van der Waals surface area contributed by atoms with Crippen LogP contribution in [0.4, 0.5) is 0 Å². The topological polar surface area (TPSA) is 24.9 Å². The first-order chi connectivity index (χ1) is 8.75. The molecule has 0 unspecified atom stereocenters. The second kappa shape index (κ2) is 4.69. The number of hydrogen-bond acceptors (Lipinski definition) is 2. The lowest BCUT2D eigenvalue weighted by Crippen LogP contribution is -2.38. The number of nitrogens with zero attached hydrogens (tertiary/aromatic N) is 1. The Kier molecular flexibility index (Phi) is 3.04. The van der Waals surface area contributed by atoms with E-state index in [9.17, 15) is 0 Å². The Morgan fingerprint density at radius 1 is 1.11 bits per heavy atom. The molecule has 18 heavy (non-hydrogen) atoms. The van der Waals surface area contributed by atoms with Crippen LogP contribution in [0.15, 0.2) is 36.4 Å². The molecule has 0 atom stereocenters. The van der Waals surface area contributed by atoms with Crippen molar-refractivity contribution in [1.82, 2.24) is 10.3 Å². The summed E-state index contributed by atoms with van der Waals surface area (Å²) in [7, 11) is 0. The first-order valence-electron chi connectivity index (χ1n) is 6.85. The van der Waals surface area contributed by atoms with Gasteiger partial charge >= 0.3 is 0 Å². The fourth-order valence-electron chi connectivity index (χ4n) is 2.84. The van der Waals surface area contributed by atoms with Gasteiger partial charge in [0.2, 0.25) is 0 Å². The van der Waals surface area contributed by atoms with Crippen molar-refractivity contribution in [2.45, 2.75) is 44.7 Å². The zero-order chi connectivity index (χ0) is 12.4. The number of benzene rings is 1. The predicted octanol–water partition coefficient (Wildman–Crippen LogP) is 3.66. The summed E-state index contributed by atoms with van der Waals surface area (Å²) in [5.74, 6) is 0. The molecule has 2 nitrogen and oxygen atoms in total. The number of aromatic nitrogens is 1. The molecule has 1 aliphatic rings. The van der Waals surface area contributed by atoms with Crippen LogP contribution in [-0.2, 0) is 6.54 Å². The zero-order valence-corrected chi connectivity index (χ0v) is 10.9. The first-order valence-corrected chi connectivity index (χ1v) is 6.85. The molecule has 1 saturated carbocycles. The molecular formula is C16H20N2. The molecule has 1 aliphatic carbocycles. The number of fused-ring (bicyclic) bond motifs is 1. The van der Waals surface area contributed by atoms with Gasteiger partial charge in [-0.05, 0) is 31.9 Å². The molecule has 0 aliphatic heterocycles. The molecular weight excluding hydrogens is 220 g/mol. The highest BCUT2D eigenvalue weighted by atomic mass is 15.0. The summed E-state index contributed by atoms with van der Waals surface area (Å²) in [6, 6.07) is 12.6. The Morgan fingerprint density at radius 3 is 2.72 bits per heavy atom. The molecule has 3 rings (SSSR count). The van der Waals surface area contributed by atoms with Gasteiger partial charge in [-0.1, -0.05) is 37.1 Å². The Labute approximate surface area is 108 Å². The smallest absolute Gasteiger partial charge is 0.0705 e. The summed E-state index contributed by atoms with van der Waals surface area (Å²) in [6.45, 7) is 3.21. The van der Waals surface area contributed by atoms with E-state index >= 15 is 0 Å². The van der Waals surface area contributed by atoms with E-state index in [1.54, 1.807) is 0 Å². The Morgan fingerprint density at radius 2 is 1.89 bits per heavy atom. The SMILES string of the molecule is CC1(NCc2ccc3ccccc3n2)CCCC1. The quantitative estimate of drug-likeness (QED) is 0.885. The van der Waals surface area contributed by atoms with E-state index in [1.165, 1.54) is 31.1 Å². The fraction of sp³-hybridized carbons (Fsp3) is 0.438. The van der Waals surface area contributed by atoms with Crippen molar-refractivity contribution in [2.24, 2.45) is 0 Å². The van der Waals surface area contributed by atoms with Gasteiger partial charge in [-0.2, -0.15) is 0 Å². The van der Waals surface area contributed by atoms with Crippen molar-refractivity contribution in [3.8, 4) is 0 Å². The zero-order valence-electron chi connectivity index (χ0n) is 10.9. The van der Waals surface area contributed by atoms with Crippen LogP contribution in [0.5, 0.6) is 0 Å². The summed E-state index contributed by atoms with van der Waals surface area (Å²) in [5.41, 5.74) is 2.56. The van der Waals surface area contributed by atoms with Crippen molar-refractivity contribution in [1.29, 1.82) is 0 Å². The van der Waals surface area contributed by atoms with Crippen LogP contribution in [0.2, 0.25) is 0 Å². The highest BCUT2D eigenvalue weighted by Gasteiger charge is 2.27. The van der Waals surface area contributed by atoms with Crippen molar-refractivity contribution < 1.29 is 0 Å². The number of pyridine rings is 1. The van der Waals surface area contributed by atoms with Crippen molar-refractivity contribution in [3.63, 3.8) is 0 Å². The standard InChI is InChI=1S/C16H20N2/c1-16(10-4-5-11-16)17-12-14-9-8-13-6-2-3-7-15(13)18-14/h2-3,6-9,17H,4-5,10-12H2,1H3. The van der Waals surface area contributed by atoms with Gasteiger partial charge in [0.1, 0.15) is 0 Å². The van der Waals surface area contributed by atoms with E-state index in [4.69, 9.17) is 4.98 Å². The molecule has 1 aromatic carbocycles.